The Bertz CT molecular complexity index is 896. The van der Waals surface area contributed by atoms with Crippen molar-refractivity contribution < 1.29 is 8.42 Å². The summed E-state index contributed by atoms with van der Waals surface area (Å²) in [5.41, 5.74) is 6.86. The highest BCUT2D eigenvalue weighted by atomic mass is 32.2. The van der Waals surface area contributed by atoms with Crippen LogP contribution in [0.4, 0.5) is 5.69 Å². The van der Waals surface area contributed by atoms with E-state index >= 15 is 0 Å². The van der Waals surface area contributed by atoms with Gasteiger partial charge in [-0.1, -0.05) is 0 Å². The van der Waals surface area contributed by atoms with Crippen molar-refractivity contribution in [3.63, 3.8) is 0 Å². The second kappa shape index (κ2) is 5.14. The zero-order chi connectivity index (χ0) is 15.0. The molecule has 0 saturated heterocycles. The maximum absolute atomic E-state index is 12.5. The summed E-state index contributed by atoms with van der Waals surface area (Å²) < 4.78 is 28.7. The fraction of sp³-hybridized carbons (Fsp3) is 0.154. The fourth-order valence-corrected chi connectivity index (χ4v) is 4.40. The molecule has 4 N–H and O–H groups in total. The number of anilines is 1. The zero-order valence-electron chi connectivity index (χ0n) is 11.3. The van der Waals surface area contributed by atoms with Gasteiger partial charge in [0.2, 0.25) is 0 Å². The predicted molar refractivity (Wildman–Crippen MR) is 83.8 cm³/mol. The van der Waals surface area contributed by atoms with E-state index in [1.54, 1.807) is 30.4 Å². The summed E-state index contributed by atoms with van der Waals surface area (Å²) in [5.74, 6) is 0. The van der Waals surface area contributed by atoms with Gasteiger partial charge in [-0.25, -0.2) is 8.42 Å². The minimum absolute atomic E-state index is 0.0597. The summed E-state index contributed by atoms with van der Waals surface area (Å²) in [4.78, 5) is 0.121. The van der Waals surface area contributed by atoms with Crippen LogP contribution in [-0.4, -0.2) is 18.6 Å². The van der Waals surface area contributed by atoms with Gasteiger partial charge in [0.25, 0.3) is 10.0 Å². The lowest BCUT2D eigenvalue weighted by Gasteiger charge is -2.09. The molecule has 0 aliphatic rings. The van der Waals surface area contributed by atoms with E-state index in [2.05, 4.69) is 14.9 Å². The van der Waals surface area contributed by atoms with Gasteiger partial charge in [0, 0.05) is 16.9 Å². The number of nitrogens with two attached hydrogens (primary N) is 1. The lowest BCUT2D eigenvalue weighted by Crippen LogP contribution is -2.16. The molecule has 0 bridgehead atoms. The van der Waals surface area contributed by atoms with Crippen molar-refractivity contribution in [3.05, 3.63) is 41.0 Å². The summed E-state index contributed by atoms with van der Waals surface area (Å²) in [6.45, 7) is 1.72. The van der Waals surface area contributed by atoms with Crippen LogP contribution in [0.25, 0.3) is 10.1 Å². The number of benzene rings is 1. The highest BCUT2D eigenvalue weighted by Crippen LogP contribution is 2.26. The first kappa shape index (κ1) is 14.1. The van der Waals surface area contributed by atoms with Crippen molar-refractivity contribution in [2.24, 2.45) is 5.73 Å². The van der Waals surface area contributed by atoms with Crippen molar-refractivity contribution in [2.75, 3.05) is 4.72 Å². The molecule has 0 spiro atoms. The molecule has 0 radical (unpaired) electrons. The van der Waals surface area contributed by atoms with E-state index in [1.165, 1.54) is 0 Å². The zero-order valence-corrected chi connectivity index (χ0v) is 12.9. The lowest BCUT2D eigenvalue weighted by atomic mass is 10.2. The Kier molecular flexibility index (Phi) is 3.44. The van der Waals surface area contributed by atoms with Crippen LogP contribution < -0.4 is 10.5 Å². The molecular formula is C13H14N4O2S2. The van der Waals surface area contributed by atoms with E-state index < -0.39 is 10.0 Å². The quantitative estimate of drug-likeness (QED) is 0.685. The van der Waals surface area contributed by atoms with Crippen LogP contribution in [0.5, 0.6) is 0 Å². The molecule has 110 valence electrons. The van der Waals surface area contributed by atoms with Gasteiger partial charge >= 0.3 is 0 Å². The average Bonchev–Trinajstić information content (AvgIpc) is 3.03. The molecular weight excluding hydrogens is 308 g/mol. The molecule has 0 aliphatic heterocycles. The Labute approximate surface area is 126 Å². The van der Waals surface area contributed by atoms with Crippen molar-refractivity contribution in [2.45, 2.75) is 18.4 Å². The monoisotopic (exact) mass is 322 g/mol. The van der Waals surface area contributed by atoms with E-state index in [0.717, 1.165) is 10.1 Å². The number of aryl methyl sites for hydroxylation is 1. The predicted octanol–water partition coefficient (Wildman–Crippen LogP) is 2.19. The van der Waals surface area contributed by atoms with E-state index in [1.807, 2.05) is 17.5 Å². The van der Waals surface area contributed by atoms with Gasteiger partial charge in [-0.05, 0) is 42.0 Å². The molecule has 2 heterocycles. The highest BCUT2D eigenvalue weighted by Gasteiger charge is 2.23. The first-order valence-corrected chi connectivity index (χ1v) is 8.61. The molecule has 0 amide bonds. The van der Waals surface area contributed by atoms with Gasteiger partial charge in [0.15, 0.2) is 0 Å². The minimum atomic E-state index is -3.72. The number of fused-ring (bicyclic) bond motifs is 1. The number of H-pyrrole nitrogens is 1. The molecule has 2 aromatic heterocycles. The Morgan fingerprint density at radius 1 is 1.38 bits per heavy atom. The van der Waals surface area contributed by atoms with Crippen LogP contribution in [0.3, 0.4) is 0 Å². The maximum Gasteiger partial charge on any atom is 0.265 e. The smallest absolute Gasteiger partial charge is 0.265 e. The Hall–Kier alpha value is -1.90. The molecule has 0 aliphatic carbocycles. The van der Waals surface area contributed by atoms with E-state index in [9.17, 15) is 8.42 Å². The summed E-state index contributed by atoms with van der Waals surface area (Å²) in [6.07, 6.45) is 0. The number of hydrogen-bond donors (Lipinski definition) is 3. The number of rotatable bonds is 4. The summed E-state index contributed by atoms with van der Waals surface area (Å²) in [5, 5.41) is 9.55. The minimum Gasteiger partial charge on any atom is -0.325 e. The van der Waals surface area contributed by atoms with Crippen molar-refractivity contribution in [1.29, 1.82) is 0 Å². The molecule has 0 atom stereocenters. The topological polar surface area (TPSA) is 101 Å². The molecule has 6 nitrogen and oxygen atoms in total. The van der Waals surface area contributed by atoms with Crippen LogP contribution >= 0.6 is 11.3 Å². The van der Waals surface area contributed by atoms with Crippen molar-refractivity contribution in [3.8, 4) is 0 Å². The number of aromatic nitrogens is 2. The highest BCUT2D eigenvalue weighted by molar-refractivity contribution is 7.92. The number of thiophene rings is 1. The standard InChI is InChI=1S/C13H14N4O2S2/c1-8-13(11(7-14)16-15-8)21(18,19)17-10-2-3-12-9(6-10)4-5-20-12/h2-6,17H,7,14H2,1H3,(H,15,16). The van der Waals surface area contributed by atoms with Crippen molar-refractivity contribution >= 4 is 37.1 Å². The average molecular weight is 322 g/mol. The summed E-state index contributed by atoms with van der Waals surface area (Å²) >= 11 is 1.61. The van der Waals surface area contributed by atoms with Gasteiger partial charge < -0.3 is 5.73 Å². The SMILES string of the molecule is Cc1[nH]nc(CN)c1S(=O)(=O)Nc1ccc2sccc2c1. The first-order chi connectivity index (χ1) is 10.0. The number of aromatic amines is 1. The van der Waals surface area contributed by atoms with Crippen LogP contribution in [0.1, 0.15) is 11.4 Å². The molecule has 0 fully saturated rings. The van der Waals surface area contributed by atoms with Gasteiger partial charge in [-0.15, -0.1) is 11.3 Å². The Morgan fingerprint density at radius 3 is 2.95 bits per heavy atom. The second-order valence-corrected chi connectivity index (χ2v) is 7.17. The van der Waals surface area contributed by atoms with Crippen LogP contribution in [0.2, 0.25) is 0 Å². The molecule has 3 rings (SSSR count). The van der Waals surface area contributed by atoms with Crippen molar-refractivity contribution in [1.82, 2.24) is 10.2 Å². The molecule has 21 heavy (non-hydrogen) atoms. The molecule has 0 unspecified atom stereocenters. The van der Waals surface area contributed by atoms with Gasteiger partial charge in [-0.2, -0.15) is 5.10 Å². The maximum atomic E-state index is 12.5. The van der Waals surface area contributed by atoms with Crippen LogP contribution in [0, 0.1) is 6.92 Å². The fourth-order valence-electron chi connectivity index (χ4n) is 2.20. The molecule has 8 heteroatoms. The van der Waals surface area contributed by atoms with Gasteiger partial charge in [0.1, 0.15) is 4.90 Å². The number of nitrogens with zero attached hydrogens (tertiary/aromatic N) is 1. The van der Waals surface area contributed by atoms with E-state index in [-0.39, 0.29) is 11.4 Å². The third-order valence-corrected chi connectivity index (χ3v) is 5.61. The van der Waals surface area contributed by atoms with Gasteiger partial charge in [0.05, 0.1) is 11.4 Å². The Balaban J connectivity index is 2.00. The normalized spacial score (nSPS) is 11.9. The number of nitrogens with one attached hydrogen (secondary N) is 2. The molecule has 1 aromatic carbocycles. The van der Waals surface area contributed by atoms with Gasteiger partial charge in [-0.3, -0.25) is 9.82 Å². The van der Waals surface area contributed by atoms with Crippen LogP contribution in [-0.2, 0) is 16.6 Å². The van der Waals surface area contributed by atoms with Crippen LogP contribution in [0.15, 0.2) is 34.5 Å². The Morgan fingerprint density at radius 2 is 2.19 bits per heavy atom. The summed E-state index contributed by atoms with van der Waals surface area (Å²) in [6, 6.07) is 7.39. The third kappa shape index (κ3) is 2.53. The van der Waals surface area contributed by atoms with E-state index in [4.69, 9.17) is 5.73 Å². The largest absolute Gasteiger partial charge is 0.325 e. The lowest BCUT2D eigenvalue weighted by molar-refractivity contribution is 0.599. The second-order valence-electron chi connectivity index (χ2n) is 4.61. The molecule has 0 saturated carbocycles. The summed E-state index contributed by atoms with van der Waals surface area (Å²) in [7, 11) is -3.72. The third-order valence-electron chi connectivity index (χ3n) is 3.13. The molecule has 3 aromatic rings. The number of sulfonamides is 1. The first-order valence-electron chi connectivity index (χ1n) is 6.25. The van der Waals surface area contributed by atoms with E-state index in [0.29, 0.717) is 17.1 Å². The number of hydrogen-bond acceptors (Lipinski definition) is 5.